The predicted octanol–water partition coefficient (Wildman–Crippen LogP) is 7.57. The Morgan fingerprint density at radius 1 is 0.733 bits per heavy atom. The summed E-state index contributed by atoms with van der Waals surface area (Å²) in [6.45, 7) is 0.532. The van der Waals surface area contributed by atoms with Gasteiger partial charge < -0.3 is 9.47 Å². The third kappa shape index (κ3) is 5.58. The first-order valence-corrected chi connectivity index (χ1v) is 10.4. The molecule has 0 spiro atoms. The molecule has 3 nitrogen and oxygen atoms in total. The molecule has 0 aliphatic heterocycles. The summed E-state index contributed by atoms with van der Waals surface area (Å²) in [7, 11) is 0. The highest BCUT2D eigenvalue weighted by Crippen LogP contribution is 2.27. The lowest BCUT2D eigenvalue weighted by Crippen LogP contribution is -1.96. The van der Waals surface area contributed by atoms with Crippen LogP contribution in [-0.4, -0.2) is 6.21 Å². The second kappa shape index (κ2) is 9.90. The highest BCUT2D eigenvalue weighted by Gasteiger charge is 2.03. The van der Waals surface area contributed by atoms with Crippen molar-refractivity contribution < 1.29 is 9.47 Å². The van der Waals surface area contributed by atoms with Crippen molar-refractivity contribution in [1.82, 2.24) is 0 Å². The molecule has 0 saturated carbocycles. The van der Waals surface area contributed by atoms with Gasteiger partial charge in [-0.05, 0) is 81.7 Å². The molecule has 0 aromatic heterocycles. The van der Waals surface area contributed by atoms with E-state index in [1.807, 2.05) is 109 Å². The number of ether oxygens (including phenoxy) is 2. The molecule has 0 N–H and O–H groups in total. The average Bonchev–Trinajstić information content (AvgIpc) is 2.79. The standard InChI is InChI=1S/C26H20BrNO2/c27-25-17-21(11-16-26(25)29-19-20-7-3-1-4-8-20)18-28-22-12-14-24(15-13-22)30-23-9-5-2-6-10-23/h1-18H,19H2. The number of benzene rings is 4. The third-order valence-corrected chi connectivity index (χ3v) is 4.99. The van der Waals surface area contributed by atoms with Gasteiger partial charge in [0.2, 0.25) is 0 Å². The van der Waals surface area contributed by atoms with Crippen LogP contribution in [-0.2, 0) is 6.61 Å². The van der Waals surface area contributed by atoms with Gasteiger partial charge >= 0.3 is 0 Å². The van der Waals surface area contributed by atoms with Crippen LogP contribution in [0.2, 0.25) is 0 Å². The maximum atomic E-state index is 5.90. The lowest BCUT2D eigenvalue weighted by atomic mass is 10.2. The van der Waals surface area contributed by atoms with Crippen molar-refractivity contribution in [1.29, 1.82) is 0 Å². The van der Waals surface area contributed by atoms with Gasteiger partial charge in [-0.3, -0.25) is 4.99 Å². The fourth-order valence-electron chi connectivity index (χ4n) is 2.82. The first kappa shape index (κ1) is 19.9. The lowest BCUT2D eigenvalue weighted by molar-refractivity contribution is 0.304. The zero-order valence-electron chi connectivity index (χ0n) is 16.2. The van der Waals surface area contributed by atoms with Crippen LogP contribution in [0.25, 0.3) is 0 Å². The molecule has 0 heterocycles. The number of halogens is 1. The smallest absolute Gasteiger partial charge is 0.134 e. The van der Waals surface area contributed by atoms with Crippen LogP contribution in [0, 0.1) is 0 Å². The largest absolute Gasteiger partial charge is 0.488 e. The minimum atomic E-state index is 0.532. The maximum Gasteiger partial charge on any atom is 0.134 e. The summed E-state index contributed by atoms with van der Waals surface area (Å²) in [5.74, 6) is 2.40. The van der Waals surface area contributed by atoms with Crippen molar-refractivity contribution in [2.24, 2.45) is 4.99 Å². The van der Waals surface area contributed by atoms with Crippen LogP contribution in [0.3, 0.4) is 0 Å². The van der Waals surface area contributed by atoms with Gasteiger partial charge in [-0.2, -0.15) is 0 Å². The summed E-state index contributed by atoms with van der Waals surface area (Å²) in [5, 5.41) is 0. The van der Waals surface area contributed by atoms with Crippen molar-refractivity contribution in [3.63, 3.8) is 0 Å². The molecule has 4 aromatic carbocycles. The minimum absolute atomic E-state index is 0.532. The van der Waals surface area contributed by atoms with Crippen molar-refractivity contribution in [2.75, 3.05) is 0 Å². The SMILES string of the molecule is Brc1cc(C=Nc2ccc(Oc3ccccc3)cc2)ccc1OCc1ccccc1. The second-order valence-electron chi connectivity index (χ2n) is 6.63. The zero-order chi connectivity index (χ0) is 20.6. The quantitative estimate of drug-likeness (QED) is 0.268. The normalized spacial score (nSPS) is 10.8. The van der Waals surface area contributed by atoms with Crippen molar-refractivity contribution in [3.8, 4) is 17.2 Å². The van der Waals surface area contributed by atoms with Gasteiger partial charge in [0.15, 0.2) is 0 Å². The summed E-state index contributed by atoms with van der Waals surface area (Å²) >= 11 is 3.58. The fraction of sp³-hybridized carbons (Fsp3) is 0.0385. The second-order valence-corrected chi connectivity index (χ2v) is 7.49. The number of hydrogen-bond acceptors (Lipinski definition) is 3. The van der Waals surface area contributed by atoms with Crippen molar-refractivity contribution in [3.05, 3.63) is 119 Å². The third-order valence-electron chi connectivity index (χ3n) is 4.37. The number of hydrogen-bond donors (Lipinski definition) is 0. The molecule has 0 bridgehead atoms. The number of nitrogens with zero attached hydrogens (tertiary/aromatic N) is 1. The van der Waals surface area contributed by atoms with Gasteiger partial charge in [0.1, 0.15) is 23.9 Å². The predicted molar refractivity (Wildman–Crippen MR) is 125 cm³/mol. The minimum Gasteiger partial charge on any atom is -0.488 e. The number of para-hydroxylation sites is 1. The van der Waals surface area contributed by atoms with Gasteiger partial charge in [-0.15, -0.1) is 0 Å². The van der Waals surface area contributed by atoms with Gasteiger partial charge in [0.25, 0.3) is 0 Å². The van der Waals surface area contributed by atoms with E-state index in [0.29, 0.717) is 6.61 Å². The Morgan fingerprint density at radius 3 is 2.10 bits per heavy atom. The highest BCUT2D eigenvalue weighted by atomic mass is 79.9. The Morgan fingerprint density at radius 2 is 1.40 bits per heavy atom. The fourth-order valence-corrected chi connectivity index (χ4v) is 3.33. The molecule has 0 atom stereocenters. The Labute approximate surface area is 184 Å². The van der Waals surface area contributed by atoms with Crippen molar-refractivity contribution in [2.45, 2.75) is 6.61 Å². The Kier molecular flexibility index (Phi) is 6.58. The van der Waals surface area contributed by atoms with Crippen LogP contribution < -0.4 is 9.47 Å². The zero-order valence-corrected chi connectivity index (χ0v) is 17.8. The molecule has 4 heteroatoms. The average molecular weight is 458 g/mol. The van der Waals surface area contributed by atoms with Gasteiger partial charge in [-0.25, -0.2) is 0 Å². The van der Waals surface area contributed by atoms with Crippen LogP contribution in [0.4, 0.5) is 5.69 Å². The van der Waals surface area contributed by atoms with Gasteiger partial charge in [0.05, 0.1) is 10.2 Å². The first-order valence-electron chi connectivity index (χ1n) is 9.59. The molecule has 4 aromatic rings. The maximum absolute atomic E-state index is 5.90. The van der Waals surface area contributed by atoms with E-state index in [4.69, 9.17) is 9.47 Å². The van der Waals surface area contributed by atoms with Gasteiger partial charge in [-0.1, -0.05) is 48.5 Å². The molecule has 0 aliphatic rings. The van der Waals surface area contributed by atoms with Crippen molar-refractivity contribution >= 4 is 27.8 Å². The van der Waals surface area contributed by atoms with Gasteiger partial charge in [0, 0.05) is 6.21 Å². The first-order chi connectivity index (χ1) is 14.8. The van der Waals surface area contributed by atoms with E-state index in [-0.39, 0.29) is 0 Å². The Hall–Kier alpha value is -3.37. The van der Waals surface area contributed by atoms with E-state index in [1.54, 1.807) is 0 Å². The van der Waals surface area contributed by atoms with Crippen LogP contribution in [0.5, 0.6) is 17.2 Å². The topological polar surface area (TPSA) is 30.8 Å². The Bertz CT molecular complexity index is 1110. The molecular weight excluding hydrogens is 438 g/mol. The molecule has 0 fully saturated rings. The van der Waals surface area contributed by atoms with E-state index in [2.05, 4.69) is 20.9 Å². The molecule has 148 valence electrons. The molecule has 0 unspecified atom stereocenters. The molecular formula is C26H20BrNO2. The Balaban J connectivity index is 1.37. The summed E-state index contributed by atoms with van der Waals surface area (Å²) < 4.78 is 12.6. The molecule has 0 saturated heterocycles. The van der Waals surface area contributed by atoms with E-state index in [1.165, 1.54) is 0 Å². The number of aliphatic imine (C=N–C) groups is 1. The molecule has 0 amide bonds. The molecule has 30 heavy (non-hydrogen) atoms. The van der Waals surface area contributed by atoms with Crippen LogP contribution >= 0.6 is 15.9 Å². The summed E-state index contributed by atoms with van der Waals surface area (Å²) in [4.78, 5) is 4.55. The highest BCUT2D eigenvalue weighted by molar-refractivity contribution is 9.10. The molecule has 0 aliphatic carbocycles. The monoisotopic (exact) mass is 457 g/mol. The molecule has 0 radical (unpaired) electrons. The van der Waals surface area contributed by atoms with E-state index in [0.717, 1.165) is 38.5 Å². The summed E-state index contributed by atoms with van der Waals surface area (Å²) in [6, 6.07) is 33.4. The lowest BCUT2D eigenvalue weighted by Gasteiger charge is -2.09. The van der Waals surface area contributed by atoms with Crippen LogP contribution in [0.1, 0.15) is 11.1 Å². The van der Waals surface area contributed by atoms with E-state index >= 15 is 0 Å². The summed E-state index contributed by atoms with van der Waals surface area (Å²) in [6.07, 6.45) is 1.83. The van der Waals surface area contributed by atoms with E-state index < -0.39 is 0 Å². The summed E-state index contributed by atoms with van der Waals surface area (Å²) in [5.41, 5.74) is 2.98. The molecule has 4 rings (SSSR count). The van der Waals surface area contributed by atoms with E-state index in [9.17, 15) is 0 Å². The van der Waals surface area contributed by atoms with Crippen LogP contribution in [0.15, 0.2) is 113 Å². The number of rotatable bonds is 7.